The normalized spacial score (nSPS) is 23.0. The Morgan fingerprint density at radius 3 is 1.56 bits per heavy atom. The Balaban J connectivity index is 1.77. The van der Waals surface area contributed by atoms with E-state index in [-0.39, 0.29) is 24.3 Å². The standard InChI is InChI=1S/C27H28O12/c1-36-26(35)27(37-2)13-21(38-23(32)9-5-15-3-7-17(28)19(30)11-15)25(34)22(14-27)39-24(33)10-6-16-4-8-18(29)20(31)12-16/h3-12,21-22,25,28-31,34H,13-14H2,1-2H3. The molecule has 12 heteroatoms. The zero-order chi connectivity index (χ0) is 28.7. The summed E-state index contributed by atoms with van der Waals surface area (Å²) in [6, 6.07) is 7.75. The van der Waals surface area contributed by atoms with Crippen molar-refractivity contribution in [2.24, 2.45) is 0 Å². The van der Waals surface area contributed by atoms with E-state index < -0.39 is 53.3 Å². The molecule has 0 spiro atoms. The van der Waals surface area contributed by atoms with Gasteiger partial charge in [0.05, 0.1) is 7.11 Å². The molecular weight excluding hydrogens is 516 g/mol. The first-order valence-corrected chi connectivity index (χ1v) is 11.6. The summed E-state index contributed by atoms with van der Waals surface area (Å²) in [4.78, 5) is 37.6. The van der Waals surface area contributed by atoms with Gasteiger partial charge in [0.25, 0.3) is 0 Å². The number of aromatic hydroxyl groups is 4. The minimum atomic E-state index is -1.71. The predicted octanol–water partition coefficient (Wildman–Crippen LogP) is 1.77. The highest BCUT2D eigenvalue weighted by atomic mass is 16.6. The molecule has 0 heterocycles. The van der Waals surface area contributed by atoms with Gasteiger partial charge >= 0.3 is 17.9 Å². The first-order chi connectivity index (χ1) is 18.5. The molecule has 0 aromatic heterocycles. The topological polar surface area (TPSA) is 189 Å². The lowest BCUT2D eigenvalue weighted by Gasteiger charge is -2.42. The van der Waals surface area contributed by atoms with Gasteiger partial charge in [-0.05, 0) is 47.5 Å². The maximum absolute atomic E-state index is 12.6. The Hall–Kier alpha value is -4.55. The smallest absolute Gasteiger partial charge is 0.338 e. The van der Waals surface area contributed by atoms with E-state index in [0.717, 1.165) is 19.3 Å². The average Bonchev–Trinajstić information content (AvgIpc) is 2.91. The van der Waals surface area contributed by atoms with Gasteiger partial charge in [-0.3, -0.25) is 0 Å². The molecule has 2 aromatic rings. The van der Waals surface area contributed by atoms with Crippen molar-refractivity contribution in [1.82, 2.24) is 0 Å². The summed E-state index contributed by atoms with van der Waals surface area (Å²) in [5, 5.41) is 48.9. The van der Waals surface area contributed by atoms with Crippen LogP contribution in [0.2, 0.25) is 0 Å². The van der Waals surface area contributed by atoms with Crippen LogP contribution in [0.25, 0.3) is 12.2 Å². The van der Waals surface area contributed by atoms with Crippen molar-refractivity contribution in [3.63, 3.8) is 0 Å². The van der Waals surface area contributed by atoms with Crippen LogP contribution in [0.4, 0.5) is 0 Å². The highest BCUT2D eigenvalue weighted by Gasteiger charge is 2.54. The lowest BCUT2D eigenvalue weighted by atomic mass is 9.79. The Bertz CT molecular complexity index is 1200. The van der Waals surface area contributed by atoms with Crippen LogP contribution in [-0.2, 0) is 33.3 Å². The van der Waals surface area contributed by atoms with Gasteiger partial charge < -0.3 is 44.5 Å². The van der Waals surface area contributed by atoms with Gasteiger partial charge in [-0.2, -0.15) is 0 Å². The van der Waals surface area contributed by atoms with Crippen LogP contribution in [-0.4, -0.2) is 81.6 Å². The first-order valence-electron chi connectivity index (χ1n) is 11.6. The summed E-state index contributed by atoms with van der Waals surface area (Å²) in [5.41, 5.74) is -0.969. The second-order valence-corrected chi connectivity index (χ2v) is 8.70. The lowest BCUT2D eigenvalue weighted by Crippen LogP contribution is -2.59. The number of aliphatic hydroxyl groups is 1. The maximum atomic E-state index is 12.6. The Morgan fingerprint density at radius 1 is 0.769 bits per heavy atom. The number of esters is 3. The fourth-order valence-corrected chi connectivity index (χ4v) is 4.03. The summed E-state index contributed by atoms with van der Waals surface area (Å²) >= 11 is 0. The zero-order valence-corrected chi connectivity index (χ0v) is 21.0. The van der Waals surface area contributed by atoms with E-state index in [4.69, 9.17) is 18.9 Å². The second kappa shape index (κ2) is 12.3. The highest BCUT2D eigenvalue weighted by Crippen LogP contribution is 2.36. The van der Waals surface area contributed by atoms with Gasteiger partial charge in [0.2, 0.25) is 0 Å². The number of hydrogen-bond acceptors (Lipinski definition) is 12. The SMILES string of the molecule is COC(=O)C1(OC)CC(OC(=O)C=Cc2ccc(O)c(O)c2)C(O)C(OC(=O)C=Cc2ccc(O)c(O)c2)C1. The predicted molar refractivity (Wildman–Crippen MR) is 134 cm³/mol. The van der Waals surface area contributed by atoms with E-state index in [2.05, 4.69) is 0 Å². The number of carbonyl (C=O) groups excluding carboxylic acids is 3. The molecule has 0 aliphatic heterocycles. The molecule has 39 heavy (non-hydrogen) atoms. The summed E-state index contributed by atoms with van der Waals surface area (Å²) in [6.07, 6.45) is -0.219. The fourth-order valence-electron chi connectivity index (χ4n) is 4.03. The largest absolute Gasteiger partial charge is 0.504 e. The van der Waals surface area contributed by atoms with Crippen molar-refractivity contribution in [2.75, 3.05) is 14.2 Å². The number of ether oxygens (including phenoxy) is 4. The van der Waals surface area contributed by atoms with E-state index in [1.165, 1.54) is 55.7 Å². The monoisotopic (exact) mass is 544 g/mol. The molecule has 12 nitrogen and oxygen atoms in total. The molecule has 1 fully saturated rings. The van der Waals surface area contributed by atoms with Crippen LogP contribution < -0.4 is 0 Å². The summed E-state index contributed by atoms with van der Waals surface area (Å²) in [7, 11) is 2.35. The Morgan fingerprint density at radius 2 is 1.21 bits per heavy atom. The van der Waals surface area contributed by atoms with Crippen LogP contribution >= 0.6 is 0 Å². The summed E-state index contributed by atoms with van der Waals surface area (Å²) < 4.78 is 21.0. The number of aliphatic hydroxyl groups excluding tert-OH is 1. The fraction of sp³-hybridized carbons (Fsp3) is 0.296. The average molecular weight is 545 g/mol. The number of hydrogen-bond donors (Lipinski definition) is 5. The number of methoxy groups -OCH3 is 2. The highest BCUT2D eigenvalue weighted by molar-refractivity contribution is 5.88. The molecule has 0 amide bonds. The third-order valence-electron chi connectivity index (χ3n) is 6.13. The van der Waals surface area contributed by atoms with Crippen molar-refractivity contribution in [1.29, 1.82) is 0 Å². The molecule has 0 bridgehead atoms. The van der Waals surface area contributed by atoms with E-state index >= 15 is 0 Å². The number of rotatable bonds is 8. The van der Waals surface area contributed by atoms with Crippen molar-refractivity contribution in [3.8, 4) is 23.0 Å². The molecule has 5 N–H and O–H groups in total. The number of phenols is 4. The van der Waals surface area contributed by atoms with Crippen LogP contribution in [0.5, 0.6) is 23.0 Å². The van der Waals surface area contributed by atoms with Crippen LogP contribution in [0.3, 0.4) is 0 Å². The number of benzene rings is 2. The second-order valence-electron chi connectivity index (χ2n) is 8.70. The van der Waals surface area contributed by atoms with Crippen molar-refractivity contribution >= 4 is 30.1 Å². The Labute approximate surface area is 222 Å². The molecule has 0 radical (unpaired) electrons. The van der Waals surface area contributed by atoms with Gasteiger partial charge in [-0.25, -0.2) is 14.4 Å². The van der Waals surface area contributed by atoms with Gasteiger partial charge in [0.15, 0.2) is 28.6 Å². The minimum absolute atomic E-state index is 0.298. The summed E-state index contributed by atoms with van der Waals surface area (Å²) in [6.45, 7) is 0. The van der Waals surface area contributed by atoms with Crippen molar-refractivity contribution in [3.05, 3.63) is 59.7 Å². The van der Waals surface area contributed by atoms with Gasteiger partial charge in [-0.15, -0.1) is 0 Å². The maximum Gasteiger partial charge on any atom is 0.338 e. The third kappa shape index (κ3) is 7.06. The summed E-state index contributed by atoms with van der Waals surface area (Å²) in [5.74, 6) is -4.12. The van der Waals surface area contributed by atoms with Gasteiger partial charge in [0.1, 0.15) is 18.3 Å². The molecule has 208 valence electrons. The van der Waals surface area contributed by atoms with E-state index in [0.29, 0.717) is 11.1 Å². The van der Waals surface area contributed by atoms with Crippen molar-refractivity contribution in [2.45, 2.75) is 36.8 Å². The minimum Gasteiger partial charge on any atom is -0.504 e. The van der Waals surface area contributed by atoms with E-state index in [9.17, 15) is 39.9 Å². The molecule has 2 aromatic carbocycles. The Kier molecular flexibility index (Phi) is 9.17. The van der Waals surface area contributed by atoms with Crippen molar-refractivity contribution < 1.29 is 58.9 Å². The molecule has 0 saturated heterocycles. The van der Waals surface area contributed by atoms with E-state index in [1.54, 1.807) is 0 Å². The number of phenolic OH excluding ortho intramolecular Hbond substituents is 4. The molecule has 1 aliphatic carbocycles. The van der Waals surface area contributed by atoms with Crippen LogP contribution in [0.1, 0.15) is 24.0 Å². The first kappa shape index (κ1) is 29.0. The number of carbonyl (C=O) groups is 3. The zero-order valence-electron chi connectivity index (χ0n) is 21.0. The molecule has 1 saturated carbocycles. The van der Waals surface area contributed by atoms with Gasteiger partial charge in [0, 0.05) is 32.1 Å². The quantitative estimate of drug-likeness (QED) is 0.140. The molecule has 2 atom stereocenters. The van der Waals surface area contributed by atoms with Crippen LogP contribution in [0, 0.1) is 0 Å². The molecule has 2 unspecified atom stereocenters. The molecule has 1 aliphatic rings. The molecule has 3 rings (SSSR count). The van der Waals surface area contributed by atoms with E-state index in [1.807, 2.05) is 0 Å². The lowest BCUT2D eigenvalue weighted by molar-refractivity contribution is -0.209. The van der Waals surface area contributed by atoms with Crippen LogP contribution in [0.15, 0.2) is 48.6 Å². The van der Waals surface area contributed by atoms with Gasteiger partial charge in [-0.1, -0.05) is 12.1 Å². The molecular formula is C27H28O12. The third-order valence-corrected chi connectivity index (χ3v) is 6.13.